The predicted octanol–water partition coefficient (Wildman–Crippen LogP) is 6.05. The minimum absolute atomic E-state index is 0.0218. The second-order valence-corrected chi connectivity index (χ2v) is 9.89. The van der Waals surface area contributed by atoms with E-state index in [1.54, 1.807) is 25.1 Å². The Morgan fingerprint density at radius 3 is 2.37 bits per heavy atom. The average Bonchev–Trinajstić information content (AvgIpc) is 3.38. The molecular formula is C29H32F3N3O3. The van der Waals surface area contributed by atoms with Crippen LogP contribution in [0.5, 0.6) is 0 Å². The monoisotopic (exact) mass is 527 g/mol. The Hall–Kier alpha value is -3.75. The molecule has 1 aliphatic rings. The van der Waals surface area contributed by atoms with Gasteiger partial charge in [0, 0.05) is 29.9 Å². The van der Waals surface area contributed by atoms with Crippen molar-refractivity contribution in [2.45, 2.75) is 57.5 Å². The Morgan fingerprint density at radius 1 is 0.921 bits per heavy atom. The van der Waals surface area contributed by atoms with Gasteiger partial charge in [0.05, 0.1) is 0 Å². The van der Waals surface area contributed by atoms with Gasteiger partial charge in [-0.15, -0.1) is 0 Å². The highest BCUT2D eigenvalue weighted by atomic mass is 19.1. The second-order valence-electron chi connectivity index (χ2n) is 9.89. The van der Waals surface area contributed by atoms with Crippen LogP contribution in [0.4, 0.5) is 18.9 Å². The topological polar surface area (TPSA) is 83.4 Å². The van der Waals surface area contributed by atoms with Crippen molar-refractivity contribution in [3.05, 3.63) is 77.8 Å². The van der Waals surface area contributed by atoms with Gasteiger partial charge in [0.2, 0.25) is 5.91 Å². The highest BCUT2D eigenvalue weighted by molar-refractivity contribution is 5.96. The molecule has 3 N–H and O–H groups in total. The van der Waals surface area contributed by atoms with Crippen molar-refractivity contribution in [1.29, 1.82) is 0 Å². The molecule has 1 aliphatic carbocycles. The summed E-state index contributed by atoms with van der Waals surface area (Å²) in [6, 6.07) is 10.9. The number of benzene rings is 2. The quantitative estimate of drug-likeness (QED) is 0.300. The minimum atomic E-state index is -0.789. The molecule has 0 aliphatic heterocycles. The van der Waals surface area contributed by atoms with Crippen molar-refractivity contribution in [2.24, 2.45) is 5.92 Å². The Bertz CT molecular complexity index is 1240. The van der Waals surface area contributed by atoms with Gasteiger partial charge in [0.15, 0.2) is 5.76 Å². The first kappa shape index (κ1) is 27.3. The molecule has 2 amide bonds. The fourth-order valence-electron chi connectivity index (χ4n) is 4.80. The van der Waals surface area contributed by atoms with Gasteiger partial charge in [-0.25, -0.2) is 13.2 Å². The Kier molecular flexibility index (Phi) is 9.10. The molecule has 1 heterocycles. The van der Waals surface area contributed by atoms with Crippen LogP contribution in [-0.2, 0) is 4.79 Å². The number of rotatable bonds is 10. The van der Waals surface area contributed by atoms with Crippen LogP contribution in [-0.4, -0.2) is 30.4 Å². The maximum absolute atomic E-state index is 13.6. The van der Waals surface area contributed by atoms with Crippen molar-refractivity contribution in [1.82, 2.24) is 10.6 Å². The van der Waals surface area contributed by atoms with Gasteiger partial charge < -0.3 is 20.4 Å². The predicted molar refractivity (Wildman–Crippen MR) is 139 cm³/mol. The summed E-state index contributed by atoms with van der Waals surface area (Å²) in [4.78, 5) is 26.3. The minimum Gasteiger partial charge on any atom is -0.451 e. The number of hydrogen-bond acceptors (Lipinski definition) is 4. The molecule has 1 fully saturated rings. The molecule has 38 heavy (non-hydrogen) atoms. The van der Waals surface area contributed by atoms with Crippen LogP contribution in [0.2, 0.25) is 0 Å². The van der Waals surface area contributed by atoms with Gasteiger partial charge in [0.1, 0.15) is 29.3 Å². The first-order valence-electron chi connectivity index (χ1n) is 12.9. The Labute approximate surface area is 220 Å². The summed E-state index contributed by atoms with van der Waals surface area (Å²) in [6.07, 6.45) is 5.82. The van der Waals surface area contributed by atoms with Crippen molar-refractivity contribution in [3.8, 4) is 11.3 Å². The van der Waals surface area contributed by atoms with Crippen LogP contribution in [0.25, 0.3) is 11.3 Å². The first-order chi connectivity index (χ1) is 18.3. The molecule has 0 bridgehead atoms. The smallest absolute Gasteiger partial charge is 0.287 e. The molecule has 2 aromatic carbocycles. The number of nitrogens with one attached hydrogen (secondary N) is 3. The third-order valence-corrected chi connectivity index (χ3v) is 6.72. The van der Waals surface area contributed by atoms with Crippen LogP contribution in [0.15, 0.2) is 59.0 Å². The van der Waals surface area contributed by atoms with E-state index in [1.807, 2.05) is 0 Å². The van der Waals surface area contributed by atoms with Crippen LogP contribution >= 0.6 is 0 Å². The summed E-state index contributed by atoms with van der Waals surface area (Å²) in [5.74, 6) is -2.02. The summed E-state index contributed by atoms with van der Waals surface area (Å²) < 4.78 is 46.2. The van der Waals surface area contributed by atoms with E-state index in [0.29, 0.717) is 23.7 Å². The van der Waals surface area contributed by atoms with Crippen LogP contribution in [0, 0.1) is 23.4 Å². The highest BCUT2D eigenvalue weighted by Crippen LogP contribution is 2.28. The Balaban J connectivity index is 1.40. The number of amides is 2. The van der Waals surface area contributed by atoms with Crippen LogP contribution in [0.3, 0.4) is 0 Å². The largest absolute Gasteiger partial charge is 0.451 e. The fraction of sp³-hybridized carbons (Fsp3) is 0.379. The third-order valence-electron chi connectivity index (χ3n) is 6.72. The maximum atomic E-state index is 13.6. The zero-order chi connectivity index (χ0) is 27.1. The van der Waals surface area contributed by atoms with Crippen LogP contribution in [0.1, 0.15) is 56.0 Å². The zero-order valence-corrected chi connectivity index (χ0v) is 21.2. The standard InChI is InChI=1S/C29H32F3N3O3/c1-18(17-33-24-15-22(31)14-23(32)16-24)34-28(36)25(12-19-6-3-2-4-7-19)35-29(37)27-11-10-26(38-27)20-8-5-9-21(30)13-20/h5,8-11,13-16,18-19,25,33H,2-4,6-7,12,17H2,1H3,(H,34,36)(H,35,37)/t18-,25?/m0/s1. The Morgan fingerprint density at radius 2 is 1.66 bits per heavy atom. The molecule has 1 aromatic heterocycles. The van der Waals surface area contributed by atoms with Crippen molar-refractivity contribution >= 4 is 17.5 Å². The van der Waals surface area contributed by atoms with Crippen LogP contribution < -0.4 is 16.0 Å². The average molecular weight is 528 g/mol. The van der Waals surface area contributed by atoms with Gasteiger partial charge in [0.25, 0.3) is 5.91 Å². The lowest BCUT2D eigenvalue weighted by Crippen LogP contribution is -2.51. The van der Waals surface area contributed by atoms with Gasteiger partial charge in [-0.05, 0) is 55.7 Å². The normalized spacial score (nSPS) is 15.5. The number of carbonyl (C=O) groups is 2. The van der Waals surface area contributed by atoms with E-state index in [9.17, 15) is 22.8 Å². The molecule has 2 atom stereocenters. The van der Waals surface area contributed by atoms with Gasteiger partial charge >= 0.3 is 0 Å². The molecule has 1 unspecified atom stereocenters. The number of carbonyl (C=O) groups excluding carboxylic acids is 2. The third kappa shape index (κ3) is 7.63. The summed E-state index contributed by atoms with van der Waals surface area (Å²) in [5, 5.41) is 8.62. The lowest BCUT2D eigenvalue weighted by Gasteiger charge is -2.27. The molecular weight excluding hydrogens is 495 g/mol. The summed E-state index contributed by atoms with van der Waals surface area (Å²) >= 11 is 0. The fourth-order valence-corrected chi connectivity index (χ4v) is 4.80. The number of furan rings is 1. The molecule has 0 radical (unpaired) electrons. The second kappa shape index (κ2) is 12.7. The van der Waals surface area contributed by atoms with E-state index >= 15 is 0 Å². The number of anilines is 1. The van der Waals surface area contributed by atoms with E-state index in [-0.39, 0.29) is 29.9 Å². The van der Waals surface area contributed by atoms with E-state index in [0.717, 1.165) is 31.7 Å². The summed E-state index contributed by atoms with van der Waals surface area (Å²) in [7, 11) is 0. The number of hydrogen-bond donors (Lipinski definition) is 3. The van der Waals surface area contributed by atoms with Crippen molar-refractivity contribution < 1.29 is 27.2 Å². The summed E-state index contributed by atoms with van der Waals surface area (Å²) in [6.45, 7) is 1.99. The zero-order valence-electron chi connectivity index (χ0n) is 21.2. The van der Waals surface area contributed by atoms with Gasteiger partial charge in [-0.1, -0.05) is 44.2 Å². The lowest BCUT2D eigenvalue weighted by atomic mass is 9.84. The molecule has 0 saturated heterocycles. The van der Waals surface area contributed by atoms with E-state index in [2.05, 4.69) is 16.0 Å². The summed E-state index contributed by atoms with van der Waals surface area (Å²) in [5.41, 5.74) is 0.766. The molecule has 1 saturated carbocycles. The van der Waals surface area contributed by atoms with Gasteiger partial charge in [-0.2, -0.15) is 0 Å². The van der Waals surface area contributed by atoms with E-state index in [4.69, 9.17) is 4.42 Å². The molecule has 0 spiro atoms. The lowest BCUT2D eigenvalue weighted by molar-refractivity contribution is -0.124. The van der Waals surface area contributed by atoms with Crippen molar-refractivity contribution in [3.63, 3.8) is 0 Å². The first-order valence-corrected chi connectivity index (χ1v) is 12.9. The molecule has 202 valence electrons. The maximum Gasteiger partial charge on any atom is 0.287 e. The number of halogens is 3. The SMILES string of the molecule is C[C@@H](CNc1cc(F)cc(F)c1)NC(=O)C(CC1CCCCC1)NC(=O)c1ccc(-c2cccc(F)c2)o1. The molecule has 4 rings (SSSR count). The van der Waals surface area contributed by atoms with Crippen molar-refractivity contribution in [2.75, 3.05) is 11.9 Å². The molecule has 9 heteroatoms. The van der Waals surface area contributed by atoms with Gasteiger partial charge in [-0.3, -0.25) is 9.59 Å². The molecule has 3 aromatic rings. The molecule has 6 nitrogen and oxygen atoms in total. The van der Waals surface area contributed by atoms with E-state index in [1.165, 1.54) is 36.8 Å². The highest BCUT2D eigenvalue weighted by Gasteiger charge is 2.28. The van der Waals surface area contributed by atoms with E-state index < -0.39 is 29.4 Å².